The molecule has 0 aliphatic heterocycles. The number of hydrogen-bond acceptors (Lipinski definition) is 4. The Morgan fingerprint density at radius 1 is 1.00 bits per heavy atom. The number of aryl methyl sites for hydroxylation is 2. The first kappa shape index (κ1) is 19.8. The zero-order valence-electron chi connectivity index (χ0n) is 16.6. The summed E-state index contributed by atoms with van der Waals surface area (Å²) >= 11 is 1.39. The minimum Gasteiger partial charge on any atom is -0.352 e. The molecule has 0 saturated heterocycles. The van der Waals surface area contributed by atoms with E-state index in [9.17, 15) is 9.59 Å². The van der Waals surface area contributed by atoms with Crippen LogP contribution in [0.4, 0.5) is 5.69 Å². The highest BCUT2D eigenvalue weighted by atomic mass is 32.1. The fourth-order valence-electron chi connectivity index (χ4n) is 3.32. The molecule has 0 bridgehead atoms. The Labute approximate surface area is 178 Å². The van der Waals surface area contributed by atoms with Crippen LogP contribution in [0.15, 0.2) is 66.0 Å². The molecule has 0 aliphatic carbocycles. The lowest BCUT2D eigenvalue weighted by molar-refractivity contribution is 0.0952. The second-order valence-electron chi connectivity index (χ2n) is 6.92. The largest absolute Gasteiger partial charge is 0.352 e. The van der Waals surface area contributed by atoms with Gasteiger partial charge in [-0.05, 0) is 61.2 Å². The standard InChI is InChI=1S/C23H22N4O2S/c1-16-25-19-6-2-3-7-20(19)27(16)14-5-13-24-22(28)17-9-11-18(12-10-17)26-23(29)21-8-4-15-30-21/h2-4,6-12,15H,5,13-14H2,1H3,(H,24,28)(H,26,29). The summed E-state index contributed by atoms with van der Waals surface area (Å²) in [6.45, 7) is 3.36. The predicted molar refractivity (Wildman–Crippen MR) is 120 cm³/mol. The quantitative estimate of drug-likeness (QED) is 0.435. The number of carbonyl (C=O) groups excluding carboxylic acids is 2. The van der Waals surface area contributed by atoms with Gasteiger partial charge in [0.05, 0.1) is 15.9 Å². The molecule has 0 aliphatic rings. The zero-order chi connectivity index (χ0) is 20.9. The molecule has 4 aromatic rings. The number of anilines is 1. The normalized spacial score (nSPS) is 10.8. The number of amides is 2. The van der Waals surface area contributed by atoms with Crippen LogP contribution in [0.3, 0.4) is 0 Å². The molecule has 152 valence electrons. The van der Waals surface area contributed by atoms with Gasteiger partial charge in [-0.2, -0.15) is 0 Å². The van der Waals surface area contributed by atoms with Gasteiger partial charge >= 0.3 is 0 Å². The molecule has 0 unspecified atom stereocenters. The third-order valence-corrected chi connectivity index (χ3v) is 5.71. The van der Waals surface area contributed by atoms with E-state index in [1.807, 2.05) is 36.6 Å². The van der Waals surface area contributed by atoms with Crippen molar-refractivity contribution < 1.29 is 9.59 Å². The van der Waals surface area contributed by atoms with Crippen LogP contribution in [0, 0.1) is 6.92 Å². The van der Waals surface area contributed by atoms with Crippen molar-refractivity contribution in [2.24, 2.45) is 0 Å². The van der Waals surface area contributed by atoms with Gasteiger partial charge in [-0.3, -0.25) is 9.59 Å². The van der Waals surface area contributed by atoms with Crippen LogP contribution in [0.1, 0.15) is 32.3 Å². The third kappa shape index (κ3) is 4.41. The van der Waals surface area contributed by atoms with Crippen molar-refractivity contribution >= 4 is 39.9 Å². The third-order valence-electron chi connectivity index (χ3n) is 4.84. The molecule has 0 fully saturated rings. The summed E-state index contributed by atoms with van der Waals surface area (Å²) in [5, 5.41) is 7.64. The molecule has 0 atom stereocenters. The number of imidazole rings is 1. The number of hydrogen-bond donors (Lipinski definition) is 2. The van der Waals surface area contributed by atoms with E-state index in [1.165, 1.54) is 11.3 Å². The molecule has 4 rings (SSSR count). The van der Waals surface area contributed by atoms with Gasteiger partial charge in [-0.1, -0.05) is 18.2 Å². The minimum absolute atomic E-state index is 0.127. The number of rotatable bonds is 7. The second-order valence-corrected chi connectivity index (χ2v) is 7.87. The highest BCUT2D eigenvalue weighted by molar-refractivity contribution is 7.12. The molecule has 6 nitrogen and oxygen atoms in total. The number of carbonyl (C=O) groups is 2. The number of benzene rings is 2. The van der Waals surface area contributed by atoms with Crippen LogP contribution in [0.25, 0.3) is 11.0 Å². The fraction of sp³-hybridized carbons (Fsp3) is 0.174. The summed E-state index contributed by atoms with van der Waals surface area (Å²) in [4.78, 5) is 29.7. The molecule has 2 aromatic heterocycles. The summed E-state index contributed by atoms with van der Waals surface area (Å²) in [6, 6.07) is 18.6. The lowest BCUT2D eigenvalue weighted by Gasteiger charge is -2.09. The smallest absolute Gasteiger partial charge is 0.265 e. The zero-order valence-corrected chi connectivity index (χ0v) is 17.4. The summed E-state index contributed by atoms with van der Waals surface area (Å²) in [5.41, 5.74) is 3.33. The second kappa shape index (κ2) is 8.92. The van der Waals surface area contributed by atoms with Gasteiger partial charge in [0.2, 0.25) is 0 Å². The first-order chi connectivity index (χ1) is 14.6. The van der Waals surface area contributed by atoms with E-state index in [1.54, 1.807) is 30.3 Å². The van der Waals surface area contributed by atoms with Crippen LogP contribution in [-0.4, -0.2) is 27.9 Å². The topological polar surface area (TPSA) is 76.0 Å². The lowest BCUT2D eigenvalue weighted by atomic mass is 10.2. The number of aromatic nitrogens is 2. The molecule has 2 heterocycles. The van der Waals surface area contributed by atoms with Gasteiger partial charge in [-0.15, -0.1) is 11.3 Å². The number of fused-ring (bicyclic) bond motifs is 1. The van der Waals surface area contributed by atoms with Crippen LogP contribution >= 0.6 is 11.3 Å². The molecule has 2 aromatic carbocycles. The van der Waals surface area contributed by atoms with E-state index >= 15 is 0 Å². The van der Waals surface area contributed by atoms with E-state index in [2.05, 4.69) is 26.3 Å². The van der Waals surface area contributed by atoms with Gasteiger partial charge in [-0.25, -0.2) is 4.98 Å². The molecule has 2 N–H and O–H groups in total. The summed E-state index contributed by atoms with van der Waals surface area (Å²) in [7, 11) is 0. The van der Waals surface area contributed by atoms with E-state index in [0.717, 1.165) is 29.8 Å². The summed E-state index contributed by atoms with van der Waals surface area (Å²) in [5.74, 6) is 0.700. The maximum Gasteiger partial charge on any atom is 0.265 e. The van der Waals surface area contributed by atoms with Gasteiger partial charge in [0, 0.05) is 24.3 Å². The fourth-order valence-corrected chi connectivity index (χ4v) is 3.94. The van der Waals surface area contributed by atoms with Crippen molar-refractivity contribution in [3.63, 3.8) is 0 Å². The van der Waals surface area contributed by atoms with E-state index in [4.69, 9.17) is 0 Å². The van der Waals surface area contributed by atoms with Crippen molar-refractivity contribution in [2.45, 2.75) is 19.9 Å². The van der Waals surface area contributed by atoms with Crippen molar-refractivity contribution in [3.8, 4) is 0 Å². The van der Waals surface area contributed by atoms with E-state index in [0.29, 0.717) is 22.7 Å². The monoisotopic (exact) mass is 418 g/mol. The van der Waals surface area contributed by atoms with Crippen molar-refractivity contribution in [2.75, 3.05) is 11.9 Å². The molecule has 0 spiro atoms. The molecule has 30 heavy (non-hydrogen) atoms. The maximum absolute atomic E-state index is 12.4. The Balaban J connectivity index is 1.28. The summed E-state index contributed by atoms with van der Waals surface area (Å²) in [6.07, 6.45) is 0.807. The van der Waals surface area contributed by atoms with Crippen molar-refractivity contribution in [1.82, 2.24) is 14.9 Å². The van der Waals surface area contributed by atoms with Crippen LogP contribution in [0.2, 0.25) is 0 Å². The molecule has 0 radical (unpaired) electrons. The highest BCUT2D eigenvalue weighted by Crippen LogP contribution is 2.16. The number of thiophene rings is 1. The van der Waals surface area contributed by atoms with Crippen molar-refractivity contribution in [3.05, 3.63) is 82.3 Å². The molecular weight excluding hydrogens is 396 g/mol. The van der Waals surface area contributed by atoms with Crippen LogP contribution < -0.4 is 10.6 Å². The highest BCUT2D eigenvalue weighted by Gasteiger charge is 2.09. The predicted octanol–water partition coefficient (Wildman–Crippen LogP) is 4.48. The minimum atomic E-state index is -0.149. The van der Waals surface area contributed by atoms with E-state index in [-0.39, 0.29) is 11.8 Å². The summed E-state index contributed by atoms with van der Waals surface area (Å²) < 4.78 is 2.17. The SMILES string of the molecule is Cc1nc2ccccc2n1CCCNC(=O)c1ccc(NC(=O)c2cccs2)cc1. The van der Waals surface area contributed by atoms with Gasteiger partial charge < -0.3 is 15.2 Å². The lowest BCUT2D eigenvalue weighted by Crippen LogP contribution is -2.25. The molecular formula is C23H22N4O2S. The molecule has 0 saturated carbocycles. The van der Waals surface area contributed by atoms with Crippen molar-refractivity contribution in [1.29, 1.82) is 0 Å². The molecule has 2 amide bonds. The maximum atomic E-state index is 12.4. The average molecular weight is 419 g/mol. The number of para-hydroxylation sites is 2. The molecule has 7 heteroatoms. The Morgan fingerprint density at radius 2 is 1.80 bits per heavy atom. The van der Waals surface area contributed by atoms with Gasteiger partial charge in [0.15, 0.2) is 0 Å². The Morgan fingerprint density at radius 3 is 2.57 bits per heavy atom. The number of nitrogens with one attached hydrogen (secondary N) is 2. The Bertz CT molecular complexity index is 1160. The Hall–Kier alpha value is -3.45. The Kier molecular flexibility index (Phi) is 5.90. The first-order valence-corrected chi connectivity index (χ1v) is 10.6. The van der Waals surface area contributed by atoms with Gasteiger partial charge in [0.25, 0.3) is 11.8 Å². The van der Waals surface area contributed by atoms with Gasteiger partial charge in [0.1, 0.15) is 5.82 Å². The van der Waals surface area contributed by atoms with E-state index < -0.39 is 0 Å². The average Bonchev–Trinajstić information content (AvgIpc) is 3.40. The van der Waals surface area contributed by atoms with Crippen LogP contribution in [0.5, 0.6) is 0 Å². The number of nitrogens with zero attached hydrogens (tertiary/aromatic N) is 2. The van der Waals surface area contributed by atoms with Crippen LogP contribution in [-0.2, 0) is 6.54 Å². The first-order valence-electron chi connectivity index (χ1n) is 9.77.